The molecule has 1 amide bonds. The first-order chi connectivity index (χ1) is 28.0. The van der Waals surface area contributed by atoms with Gasteiger partial charge in [0.1, 0.15) is 28.0 Å². The van der Waals surface area contributed by atoms with Gasteiger partial charge in [-0.3, -0.25) is 14.2 Å². The maximum absolute atomic E-state index is 14.6. The summed E-state index contributed by atoms with van der Waals surface area (Å²) in [4.78, 5) is 51.2. The third kappa shape index (κ3) is 9.17. The lowest BCUT2D eigenvalue weighted by Crippen LogP contribution is -2.47. The minimum Gasteiger partial charge on any atom is -0.479 e. The summed E-state index contributed by atoms with van der Waals surface area (Å²) >= 11 is 1.64. The second kappa shape index (κ2) is 18.1. The van der Waals surface area contributed by atoms with Gasteiger partial charge in [0.15, 0.2) is 5.78 Å². The van der Waals surface area contributed by atoms with E-state index in [0.29, 0.717) is 43.3 Å². The van der Waals surface area contributed by atoms with Gasteiger partial charge in [-0.25, -0.2) is 14.2 Å². The first-order valence-corrected chi connectivity index (χ1v) is 22.3. The molecule has 12 heteroatoms. The molecule has 6 atom stereocenters. The molecule has 0 saturated heterocycles. The van der Waals surface area contributed by atoms with Gasteiger partial charge in [-0.05, 0) is 108 Å². The molecule has 310 valence electrons. The van der Waals surface area contributed by atoms with Crippen LogP contribution in [0.3, 0.4) is 0 Å². The van der Waals surface area contributed by atoms with Crippen molar-refractivity contribution >= 4 is 45.7 Å². The number of thiazole rings is 1. The van der Waals surface area contributed by atoms with Crippen LogP contribution in [0, 0.1) is 23.6 Å². The highest BCUT2D eigenvalue weighted by Gasteiger charge is 2.60. The smallest absolute Gasteiger partial charge is 0.330 e. The Bertz CT molecular complexity index is 2110. The Hall–Kier alpha value is -4.58. The van der Waals surface area contributed by atoms with Crippen molar-refractivity contribution in [2.75, 3.05) is 5.32 Å². The Labute approximate surface area is 345 Å². The van der Waals surface area contributed by atoms with Crippen LogP contribution in [0.4, 0.5) is 10.1 Å². The van der Waals surface area contributed by atoms with Crippen LogP contribution in [0.1, 0.15) is 129 Å². The average Bonchev–Trinajstić information content (AvgIpc) is 3.64. The number of hydrogen-bond acceptors (Lipinski definition) is 8. The molecule has 10 nitrogen and oxygen atoms in total. The Morgan fingerprint density at radius 1 is 1.05 bits per heavy atom. The molecule has 7 rings (SSSR count). The fourth-order valence-electron chi connectivity index (χ4n) is 8.99. The molecule has 6 unspecified atom stereocenters. The van der Waals surface area contributed by atoms with Crippen LogP contribution in [0.25, 0.3) is 21.6 Å². The van der Waals surface area contributed by atoms with Crippen molar-refractivity contribution in [1.82, 2.24) is 19.9 Å². The van der Waals surface area contributed by atoms with Gasteiger partial charge in [-0.15, -0.1) is 11.3 Å². The van der Waals surface area contributed by atoms with Crippen LogP contribution < -0.4 is 15.4 Å². The molecule has 2 saturated carbocycles. The van der Waals surface area contributed by atoms with Crippen molar-refractivity contribution in [3.05, 3.63) is 71.5 Å². The molecule has 3 aliphatic rings. The number of imidazole rings is 1. The third-order valence-corrected chi connectivity index (χ3v) is 13.4. The summed E-state index contributed by atoms with van der Waals surface area (Å²) in [5, 5.41) is 19.7. The summed E-state index contributed by atoms with van der Waals surface area (Å²) in [6, 6.07) is 12.1. The zero-order valence-electron chi connectivity index (χ0n) is 34.2. The molecule has 3 N–H and O–H groups in total. The van der Waals surface area contributed by atoms with Gasteiger partial charge in [0.05, 0.1) is 17.3 Å². The van der Waals surface area contributed by atoms with Crippen molar-refractivity contribution < 1.29 is 28.6 Å². The summed E-state index contributed by atoms with van der Waals surface area (Å²) in [7, 11) is 0. The van der Waals surface area contributed by atoms with Gasteiger partial charge in [0, 0.05) is 46.3 Å². The van der Waals surface area contributed by atoms with Crippen molar-refractivity contribution in [2.24, 2.45) is 17.8 Å². The van der Waals surface area contributed by atoms with Crippen LogP contribution in [0.15, 0.2) is 60.0 Å². The molecular weight excluding hydrogens is 754 g/mol. The Balaban J connectivity index is 1.22. The summed E-state index contributed by atoms with van der Waals surface area (Å²) in [5.74, 6) is -2.50. The van der Waals surface area contributed by atoms with E-state index in [4.69, 9.17) is 14.7 Å². The molecule has 2 fully saturated rings. The van der Waals surface area contributed by atoms with E-state index in [1.807, 2.05) is 31.2 Å². The van der Waals surface area contributed by atoms with Crippen LogP contribution >= 0.6 is 11.3 Å². The first-order valence-electron chi connectivity index (χ1n) is 21.4. The van der Waals surface area contributed by atoms with Gasteiger partial charge in [-0.2, -0.15) is 4.98 Å². The number of Topliss-reactive ketones (excluding diaryl/α,β-unsaturated/α-hetero) is 1. The maximum Gasteiger partial charge on any atom is 0.330 e. The van der Waals surface area contributed by atoms with Crippen LogP contribution in [0.5, 0.6) is 6.01 Å². The molecule has 0 bridgehead atoms. The Kier molecular flexibility index (Phi) is 13.0. The minimum atomic E-state index is -1.32. The standard InChI is InChI=1S/C46H58FN5O5S/c1-5-30-25-35(57-45-50-40-36(17-13-19-39(40)52(45)28(2)3)43-49-38(27-58-43)31-14-11-12-15-31)24-29(4)42(54)51-46(44(55)56)26-32(46)16-9-7-6-8-10-18-37(41(30)53)48-34-22-20-33(47)21-23-34/h9,13,16-17,19-23,27-32,35,37,48H,5-8,10-12,14-15,18,24-26H2,1-4H3,(H,51,54)(H,55,56). The zero-order chi connectivity index (χ0) is 41.0. The predicted octanol–water partition coefficient (Wildman–Crippen LogP) is 10.3. The molecule has 3 heterocycles. The number of aromatic nitrogens is 3. The summed E-state index contributed by atoms with van der Waals surface area (Å²) in [6.07, 6.45) is 13.6. The zero-order valence-corrected chi connectivity index (χ0v) is 35.0. The number of ketones is 1. The van der Waals surface area contributed by atoms with Crippen molar-refractivity contribution in [1.29, 1.82) is 0 Å². The van der Waals surface area contributed by atoms with Crippen molar-refractivity contribution in [3.8, 4) is 16.6 Å². The number of halogens is 1. The number of carboxylic acids is 1. The van der Waals surface area contributed by atoms with Crippen molar-refractivity contribution in [3.63, 3.8) is 0 Å². The lowest BCUT2D eigenvalue weighted by atomic mass is 9.85. The van der Waals surface area contributed by atoms with E-state index >= 15 is 0 Å². The largest absolute Gasteiger partial charge is 0.479 e. The van der Waals surface area contributed by atoms with Crippen molar-refractivity contribution in [2.45, 2.75) is 141 Å². The summed E-state index contributed by atoms with van der Waals surface area (Å²) in [5.41, 5.74) is 3.15. The van der Waals surface area contributed by atoms with Crippen LogP contribution in [-0.4, -0.2) is 55.0 Å². The normalized spacial score (nSPS) is 26.6. The second-order valence-electron chi connectivity index (χ2n) is 17.1. The Morgan fingerprint density at radius 3 is 2.53 bits per heavy atom. The van der Waals surface area contributed by atoms with Gasteiger partial charge >= 0.3 is 5.97 Å². The lowest BCUT2D eigenvalue weighted by Gasteiger charge is -2.29. The number of nitrogens with one attached hydrogen (secondary N) is 2. The van der Waals surface area contributed by atoms with Gasteiger partial charge < -0.3 is 20.5 Å². The second-order valence-corrected chi connectivity index (χ2v) is 17.9. The number of aliphatic carboxylic acids is 1. The van der Waals surface area contributed by atoms with E-state index < -0.39 is 35.5 Å². The highest BCUT2D eigenvalue weighted by atomic mass is 32.1. The third-order valence-electron chi connectivity index (χ3n) is 12.5. The van der Waals surface area contributed by atoms with E-state index in [9.17, 15) is 23.9 Å². The number of nitrogens with zero attached hydrogens (tertiary/aromatic N) is 3. The molecule has 58 heavy (non-hydrogen) atoms. The highest BCUT2D eigenvalue weighted by molar-refractivity contribution is 7.13. The number of amides is 1. The number of hydrogen-bond donors (Lipinski definition) is 3. The number of para-hydroxylation sites is 1. The van der Waals surface area contributed by atoms with E-state index in [1.165, 1.54) is 37.8 Å². The van der Waals surface area contributed by atoms with Gasteiger partial charge in [-0.1, -0.05) is 57.7 Å². The molecule has 0 spiro atoms. The number of carbonyl (C=O) groups excluding carboxylic acids is 2. The average molecular weight is 812 g/mol. The number of allylic oxidation sites excluding steroid dienone is 1. The molecule has 2 aromatic heterocycles. The fraction of sp³-hybridized carbons (Fsp3) is 0.543. The fourth-order valence-corrected chi connectivity index (χ4v) is 9.91. The number of anilines is 1. The van der Waals surface area contributed by atoms with E-state index in [-0.39, 0.29) is 35.9 Å². The lowest BCUT2D eigenvalue weighted by molar-refractivity contribution is -0.144. The van der Waals surface area contributed by atoms with Gasteiger partial charge in [0.25, 0.3) is 6.01 Å². The number of benzene rings is 2. The first kappa shape index (κ1) is 41.6. The number of carbonyl (C=O) groups is 3. The molecule has 2 aromatic carbocycles. The summed E-state index contributed by atoms with van der Waals surface area (Å²) in [6.45, 7) is 7.95. The topological polar surface area (TPSA) is 135 Å². The predicted molar refractivity (Wildman–Crippen MR) is 227 cm³/mol. The number of carboxylic acid groups (broad SMARTS) is 1. The van der Waals surface area contributed by atoms with Crippen LogP contribution in [-0.2, 0) is 14.4 Å². The quantitative estimate of drug-likeness (QED) is 0.142. The molecular formula is C46H58FN5O5S. The van der Waals surface area contributed by atoms with E-state index in [1.54, 1.807) is 30.4 Å². The molecule has 0 radical (unpaired) electrons. The monoisotopic (exact) mass is 811 g/mol. The molecule has 1 aliphatic heterocycles. The van der Waals surface area contributed by atoms with E-state index in [0.717, 1.165) is 53.0 Å². The number of fused-ring (bicyclic) bond motifs is 2. The maximum atomic E-state index is 14.6. The number of rotatable bonds is 9. The minimum absolute atomic E-state index is 0.0244. The van der Waals surface area contributed by atoms with Crippen LogP contribution in [0.2, 0.25) is 0 Å². The number of ether oxygens (including phenoxy) is 1. The highest BCUT2D eigenvalue weighted by Crippen LogP contribution is 2.46. The molecule has 4 aromatic rings. The van der Waals surface area contributed by atoms with E-state index in [2.05, 4.69) is 40.5 Å². The van der Waals surface area contributed by atoms with Gasteiger partial charge in [0.2, 0.25) is 5.91 Å². The molecule has 2 aliphatic carbocycles. The SMILES string of the molecule is CCC1CC(Oc2nc3c(-c4nc(C5CCCC5)cs4)cccc3n2C(C)C)CC(C)C(=O)NC2(C(=O)O)CC2C=CCCCCCC(Nc2ccc(F)cc2)C1=O. The summed E-state index contributed by atoms with van der Waals surface area (Å²) < 4.78 is 22.9. The Morgan fingerprint density at radius 2 is 1.81 bits per heavy atom.